The second-order valence-electron chi connectivity index (χ2n) is 8.28. The first kappa shape index (κ1) is 19.7. The molecule has 3 aliphatic rings. The quantitative estimate of drug-likeness (QED) is 0.785. The molecular weight excluding hydrogens is 375 g/mol. The van der Waals surface area contributed by atoms with E-state index in [0.717, 1.165) is 29.8 Å². The molecule has 8 heteroatoms. The molecule has 1 N–H and O–H groups in total. The number of anilines is 1. The molecule has 0 bridgehead atoms. The number of carbonyl (C=O) groups excluding carboxylic acids is 3. The molecule has 156 valence electrons. The van der Waals surface area contributed by atoms with Gasteiger partial charge in [-0.05, 0) is 43.0 Å². The molecule has 0 radical (unpaired) electrons. The van der Waals surface area contributed by atoms with Gasteiger partial charge in [0.25, 0.3) is 5.91 Å². The minimum absolute atomic E-state index is 0.0760. The van der Waals surface area contributed by atoms with Gasteiger partial charge in [-0.25, -0.2) is 9.18 Å². The van der Waals surface area contributed by atoms with Gasteiger partial charge in [-0.1, -0.05) is 19.8 Å². The van der Waals surface area contributed by atoms with Gasteiger partial charge in [0.15, 0.2) is 0 Å². The Hall–Kier alpha value is -2.64. The third-order valence-electron chi connectivity index (χ3n) is 6.62. The van der Waals surface area contributed by atoms with Crippen molar-refractivity contribution >= 4 is 23.5 Å². The number of imide groups is 1. The second-order valence-corrected chi connectivity index (χ2v) is 8.28. The van der Waals surface area contributed by atoms with Gasteiger partial charge >= 0.3 is 6.03 Å². The lowest BCUT2D eigenvalue weighted by Crippen LogP contribution is -2.55. The van der Waals surface area contributed by atoms with Gasteiger partial charge in [0.05, 0.1) is 0 Å². The number of hydrogen-bond acceptors (Lipinski definition) is 4. The Morgan fingerprint density at radius 3 is 2.48 bits per heavy atom. The number of rotatable bonds is 3. The Labute approximate surface area is 169 Å². The summed E-state index contributed by atoms with van der Waals surface area (Å²) in [6.07, 6.45) is 3.51. The predicted octanol–water partition coefficient (Wildman–Crippen LogP) is 1.97. The standard InChI is InChI=1S/C21H27FN4O3/c1-15-4-2-3-9-21(15)19(28)26(20(29)23-21)14-18(27)25-12-10-24(11-13-25)17-7-5-16(22)6-8-17/h5-8,15H,2-4,9-14H2,1H3,(H,23,29)/t15-,21-/m0/s1. The summed E-state index contributed by atoms with van der Waals surface area (Å²) >= 11 is 0. The number of carbonyl (C=O) groups is 3. The smallest absolute Gasteiger partial charge is 0.325 e. The van der Waals surface area contributed by atoms with Crippen molar-refractivity contribution in [3.63, 3.8) is 0 Å². The number of benzene rings is 1. The summed E-state index contributed by atoms with van der Waals surface area (Å²) in [5.74, 6) is -0.672. The Bertz CT molecular complexity index is 807. The van der Waals surface area contributed by atoms with Crippen molar-refractivity contribution in [2.45, 2.75) is 38.1 Å². The van der Waals surface area contributed by atoms with E-state index >= 15 is 0 Å². The van der Waals surface area contributed by atoms with Crippen LogP contribution in [-0.2, 0) is 9.59 Å². The van der Waals surface area contributed by atoms with Crippen LogP contribution in [0.3, 0.4) is 0 Å². The number of hydrogen-bond donors (Lipinski definition) is 1. The lowest BCUT2D eigenvalue weighted by Gasteiger charge is -2.37. The van der Waals surface area contributed by atoms with Crippen LogP contribution in [0.2, 0.25) is 0 Å². The maximum atomic E-state index is 13.1. The highest BCUT2D eigenvalue weighted by molar-refractivity contribution is 6.09. The number of piperazine rings is 1. The van der Waals surface area contributed by atoms with Crippen molar-refractivity contribution < 1.29 is 18.8 Å². The average molecular weight is 402 g/mol. The molecule has 4 amide bonds. The molecule has 1 aromatic rings. The van der Waals surface area contributed by atoms with Gasteiger partial charge in [-0.2, -0.15) is 0 Å². The highest BCUT2D eigenvalue weighted by atomic mass is 19.1. The minimum Gasteiger partial charge on any atom is -0.368 e. The van der Waals surface area contributed by atoms with E-state index in [0.29, 0.717) is 32.6 Å². The fourth-order valence-corrected chi connectivity index (χ4v) is 4.74. The van der Waals surface area contributed by atoms with Crippen LogP contribution in [0, 0.1) is 11.7 Å². The molecule has 0 unspecified atom stereocenters. The zero-order chi connectivity index (χ0) is 20.6. The molecule has 4 rings (SSSR count). The molecule has 1 saturated carbocycles. The van der Waals surface area contributed by atoms with Crippen molar-refractivity contribution in [1.82, 2.24) is 15.1 Å². The van der Waals surface area contributed by atoms with Crippen LogP contribution in [0.5, 0.6) is 0 Å². The Kier molecular flexibility index (Phi) is 5.19. The molecule has 0 aromatic heterocycles. The summed E-state index contributed by atoms with van der Waals surface area (Å²) in [6, 6.07) is 5.84. The van der Waals surface area contributed by atoms with Gasteiger partial charge < -0.3 is 15.1 Å². The summed E-state index contributed by atoms with van der Waals surface area (Å²) in [5.41, 5.74) is 0.0810. The van der Waals surface area contributed by atoms with Gasteiger partial charge in [0, 0.05) is 31.9 Å². The summed E-state index contributed by atoms with van der Waals surface area (Å²) in [5, 5.41) is 2.89. The van der Waals surface area contributed by atoms with Crippen LogP contribution in [0.15, 0.2) is 24.3 Å². The monoisotopic (exact) mass is 402 g/mol. The van der Waals surface area contributed by atoms with Crippen LogP contribution in [0.25, 0.3) is 0 Å². The van der Waals surface area contributed by atoms with Crippen LogP contribution in [0.4, 0.5) is 14.9 Å². The molecule has 3 fully saturated rings. The molecule has 7 nitrogen and oxygen atoms in total. The zero-order valence-corrected chi connectivity index (χ0v) is 16.7. The fraction of sp³-hybridized carbons (Fsp3) is 0.571. The molecule has 1 spiro atoms. The maximum absolute atomic E-state index is 13.1. The second kappa shape index (κ2) is 7.65. The summed E-state index contributed by atoms with van der Waals surface area (Å²) in [4.78, 5) is 43.1. The van der Waals surface area contributed by atoms with Gasteiger partial charge in [-0.15, -0.1) is 0 Å². The average Bonchev–Trinajstić information content (AvgIpc) is 2.96. The summed E-state index contributed by atoms with van der Waals surface area (Å²) in [7, 11) is 0. The normalized spacial score (nSPS) is 27.5. The minimum atomic E-state index is -0.836. The first-order chi connectivity index (χ1) is 13.9. The van der Waals surface area contributed by atoms with E-state index in [4.69, 9.17) is 0 Å². The summed E-state index contributed by atoms with van der Waals surface area (Å²) < 4.78 is 13.1. The lowest BCUT2D eigenvalue weighted by atomic mass is 9.73. The number of urea groups is 1. The van der Waals surface area contributed by atoms with Crippen LogP contribution < -0.4 is 10.2 Å². The number of nitrogens with zero attached hydrogens (tertiary/aromatic N) is 3. The van der Waals surface area contributed by atoms with Crippen LogP contribution >= 0.6 is 0 Å². The highest BCUT2D eigenvalue weighted by Gasteiger charge is 2.55. The first-order valence-electron chi connectivity index (χ1n) is 10.3. The van der Waals surface area contributed by atoms with Crippen molar-refractivity contribution in [2.75, 3.05) is 37.6 Å². The molecule has 2 aliphatic heterocycles. The fourth-order valence-electron chi connectivity index (χ4n) is 4.74. The molecule has 1 aliphatic carbocycles. The third-order valence-corrected chi connectivity index (χ3v) is 6.62. The Balaban J connectivity index is 1.36. The topological polar surface area (TPSA) is 73.0 Å². The molecule has 2 saturated heterocycles. The van der Waals surface area contributed by atoms with Gasteiger partial charge in [0.2, 0.25) is 5.91 Å². The Morgan fingerprint density at radius 2 is 1.83 bits per heavy atom. The van der Waals surface area contributed by atoms with Crippen molar-refractivity contribution in [2.24, 2.45) is 5.92 Å². The maximum Gasteiger partial charge on any atom is 0.325 e. The van der Waals surface area contributed by atoms with Gasteiger partial charge in [0.1, 0.15) is 17.9 Å². The Morgan fingerprint density at radius 1 is 1.14 bits per heavy atom. The van der Waals surface area contributed by atoms with E-state index in [1.165, 1.54) is 12.1 Å². The van der Waals surface area contributed by atoms with E-state index in [2.05, 4.69) is 10.2 Å². The highest BCUT2D eigenvalue weighted by Crippen LogP contribution is 2.38. The van der Waals surface area contributed by atoms with Crippen molar-refractivity contribution in [3.8, 4) is 0 Å². The van der Waals surface area contributed by atoms with Crippen LogP contribution in [-0.4, -0.2) is 65.9 Å². The lowest BCUT2D eigenvalue weighted by molar-refractivity contribution is -0.140. The SMILES string of the molecule is C[C@H]1CCCC[C@]12NC(=O)N(CC(=O)N1CCN(c3ccc(F)cc3)CC1)C2=O. The number of nitrogens with one attached hydrogen (secondary N) is 1. The van der Waals surface area contributed by atoms with Crippen LogP contribution in [0.1, 0.15) is 32.6 Å². The molecule has 2 heterocycles. The van der Waals surface area contributed by atoms with Gasteiger partial charge in [-0.3, -0.25) is 14.5 Å². The predicted molar refractivity (Wildman–Crippen MR) is 106 cm³/mol. The zero-order valence-electron chi connectivity index (χ0n) is 16.7. The molecule has 29 heavy (non-hydrogen) atoms. The van der Waals surface area contributed by atoms with E-state index < -0.39 is 11.6 Å². The largest absolute Gasteiger partial charge is 0.368 e. The molecular formula is C21H27FN4O3. The van der Waals surface area contributed by atoms with E-state index in [-0.39, 0.29) is 30.1 Å². The molecule has 1 aromatic carbocycles. The van der Waals surface area contributed by atoms with Crippen molar-refractivity contribution in [1.29, 1.82) is 0 Å². The third kappa shape index (κ3) is 3.56. The van der Waals surface area contributed by atoms with E-state index in [1.54, 1.807) is 17.0 Å². The van der Waals surface area contributed by atoms with E-state index in [9.17, 15) is 18.8 Å². The number of amides is 4. The first-order valence-corrected chi connectivity index (χ1v) is 10.3. The number of halogens is 1. The van der Waals surface area contributed by atoms with Crippen molar-refractivity contribution in [3.05, 3.63) is 30.1 Å². The molecule has 2 atom stereocenters. The summed E-state index contributed by atoms with van der Waals surface area (Å²) in [6.45, 7) is 4.03. The van der Waals surface area contributed by atoms with E-state index in [1.807, 2.05) is 6.92 Å².